The molecule has 0 aliphatic carbocycles. The third-order valence-electron chi connectivity index (χ3n) is 6.51. The van der Waals surface area contributed by atoms with Gasteiger partial charge in [0.15, 0.2) is 0 Å². The highest BCUT2D eigenvalue weighted by molar-refractivity contribution is 4.97. The molecule has 194 valence electrons. The van der Waals surface area contributed by atoms with Gasteiger partial charge in [0.2, 0.25) is 0 Å². The van der Waals surface area contributed by atoms with Crippen LogP contribution in [-0.2, 0) is 4.74 Å². The molecule has 0 amide bonds. The van der Waals surface area contributed by atoms with Crippen LogP contribution in [0.2, 0.25) is 0 Å². The van der Waals surface area contributed by atoms with Gasteiger partial charge in [0.1, 0.15) is 23.9 Å². The third kappa shape index (κ3) is 14.1. The molecule has 6 heteroatoms. The Morgan fingerprint density at radius 1 is 0.625 bits per heavy atom. The molecule has 0 aromatic rings. The van der Waals surface area contributed by atoms with Gasteiger partial charge >= 0.3 is 0 Å². The van der Waals surface area contributed by atoms with Crippen molar-refractivity contribution in [2.45, 2.75) is 147 Å². The molecular formula is C26H54O6. The summed E-state index contributed by atoms with van der Waals surface area (Å²) in [6.07, 6.45) is 14.2. The van der Waals surface area contributed by atoms with Crippen LogP contribution >= 0.6 is 0 Å². The lowest BCUT2D eigenvalue weighted by Gasteiger charge is -2.41. The number of ether oxygens (including phenoxy) is 1. The standard InChI is InChI=1S/C26H54O6/c1-3-5-7-9-11-13-15-17-19-26(31,24(30)22-28)25(23(29)21-27)32-20-18-16-14-12-10-8-6-4-2/h23-25,27-31H,3-22H2,1-2H3. The van der Waals surface area contributed by atoms with Gasteiger partial charge in [-0.3, -0.25) is 0 Å². The van der Waals surface area contributed by atoms with Gasteiger partial charge in [0, 0.05) is 6.61 Å². The van der Waals surface area contributed by atoms with Gasteiger partial charge in [-0.05, 0) is 12.8 Å². The number of unbranched alkanes of at least 4 members (excludes halogenated alkanes) is 14. The molecule has 0 spiro atoms. The highest BCUT2D eigenvalue weighted by atomic mass is 16.5. The molecule has 0 aromatic carbocycles. The Bertz CT molecular complexity index is 395. The zero-order chi connectivity index (χ0) is 24.1. The van der Waals surface area contributed by atoms with E-state index in [0.29, 0.717) is 13.0 Å². The van der Waals surface area contributed by atoms with Crippen molar-refractivity contribution < 1.29 is 30.3 Å². The Balaban J connectivity index is 4.55. The van der Waals surface area contributed by atoms with E-state index in [0.717, 1.165) is 38.5 Å². The molecule has 6 nitrogen and oxygen atoms in total. The van der Waals surface area contributed by atoms with Gasteiger partial charge < -0.3 is 30.3 Å². The van der Waals surface area contributed by atoms with Crippen LogP contribution < -0.4 is 0 Å². The topological polar surface area (TPSA) is 110 Å². The molecular weight excluding hydrogens is 408 g/mol. The minimum Gasteiger partial charge on any atom is -0.394 e. The monoisotopic (exact) mass is 462 g/mol. The number of rotatable bonds is 24. The lowest BCUT2D eigenvalue weighted by atomic mass is 9.82. The van der Waals surface area contributed by atoms with Crippen LogP contribution in [-0.4, -0.2) is 69.3 Å². The minimum atomic E-state index is -1.79. The van der Waals surface area contributed by atoms with Crippen LogP contribution in [0.5, 0.6) is 0 Å². The molecule has 0 rings (SSSR count). The molecule has 0 aliphatic heterocycles. The van der Waals surface area contributed by atoms with Gasteiger partial charge in [-0.1, -0.05) is 110 Å². The molecule has 0 fully saturated rings. The predicted octanol–water partition coefficient (Wildman–Crippen LogP) is 4.48. The molecule has 0 radical (unpaired) electrons. The van der Waals surface area contributed by atoms with Gasteiger partial charge in [-0.2, -0.15) is 0 Å². The molecule has 5 N–H and O–H groups in total. The van der Waals surface area contributed by atoms with Crippen molar-refractivity contribution in [1.29, 1.82) is 0 Å². The van der Waals surface area contributed by atoms with Crippen LogP contribution in [0.15, 0.2) is 0 Å². The Morgan fingerprint density at radius 3 is 1.50 bits per heavy atom. The first-order valence-corrected chi connectivity index (χ1v) is 13.4. The summed E-state index contributed by atoms with van der Waals surface area (Å²) >= 11 is 0. The van der Waals surface area contributed by atoms with Crippen LogP contribution in [0, 0.1) is 0 Å². The Morgan fingerprint density at radius 2 is 1.06 bits per heavy atom. The minimum absolute atomic E-state index is 0.211. The summed E-state index contributed by atoms with van der Waals surface area (Å²) in [6.45, 7) is 3.55. The molecule has 0 aromatic heterocycles. The van der Waals surface area contributed by atoms with Crippen LogP contribution in [0.25, 0.3) is 0 Å². The summed E-state index contributed by atoms with van der Waals surface area (Å²) in [5.41, 5.74) is -1.79. The van der Waals surface area contributed by atoms with Crippen molar-refractivity contribution in [3.05, 3.63) is 0 Å². The first kappa shape index (κ1) is 31.8. The molecule has 4 atom stereocenters. The first-order valence-electron chi connectivity index (χ1n) is 13.4. The van der Waals surface area contributed by atoms with E-state index >= 15 is 0 Å². The average Bonchev–Trinajstić information content (AvgIpc) is 2.80. The predicted molar refractivity (Wildman–Crippen MR) is 131 cm³/mol. The lowest BCUT2D eigenvalue weighted by Crippen LogP contribution is -2.59. The van der Waals surface area contributed by atoms with E-state index in [1.54, 1.807) is 0 Å². The molecule has 0 bridgehead atoms. The van der Waals surface area contributed by atoms with Gasteiger partial charge in [0.05, 0.1) is 13.2 Å². The molecule has 0 aliphatic rings. The van der Waals surface area contributed by atoms with Gasteiger partial charge in [0.25, 0.3) is 0 Å². The van der Waals surface area contributed by atoms with Crippen molar-refractivity contribution in [3.63, 3.8) is 0 Å². The smallest absolute Gasteiger partial charge is 0.121 e. The summed E-state index contributed by atoms with van der Waals surface area (Å²) < 4.78 is 5.82. The Labute approximate surface area is 197 Å². The van der Waals surface area contributed by atoms with E-state index in [2.05, 4.69) is 13.8 Å². The second kappa shape index (κ2) is 21.3. The van der Waals surface area contributed by atoms with Crippen molar-refractivity contribution in [2.24, 2.45) is 0 Å². The number of hydrogen-bond acceptors (Lipinski definition) is 6. The maximum absolute atomic E-state index is 11.2. The zero-order valence-corrected chi connectivity index (χ0v) is 21.0. The second-order valence-corrected chi connectivity index (χ2v) is 9.43. The summed E-state index contributed by atoms with van der Waals surface area (Å²) in [4.78, 5) is 0. The Hall–Kier alpha value is -0.240. The SMILES string of the molecule is CCCCCCCCCCOC(C(O)CO)C(O)(CCCCCCCCCC)C(O)CO. The number of aliphatic hydroxyl groups excluding tert-OH is 4. The molecule has 0 saturated heterocycles. The van der Waals surface area contributed by atoms with Gasteiger partial charge in [-0.15, -0.1) is 0 Å². The van der Waals surface area contributed by atoms with Crippen LogP contribution in [0.3, 0.4) is 0 Å². The molecule has 0 heterocycles. The zero-order valence-electron chi connectivity index (χ0n) is 21.0. The molecule has 4 unspecified atom stereocenters. The van der Waals surface area contributed by atoms with Crippen LogP contribution in [0.4, 0.5) is 0 Å². The van der Waals surface area contributed by atoms with E-state index in [4.69, 9.17) is 4.74 Å². The largest absolute Gasteiger partial charge is 0.394 e. The van der Waals surface area contributed by atoms with E-state index < -0.39 is 37.1 Å². The van der Waals surface area contributed by atoms with Crippen LogP contribution in [0.1, 0.15) is 123 Å². The maximum Gasteiger partial charge on any atom is 0.121 e. The van der Waals surface area contributed by atoms with Gasteiger partial charge in [-0.25, -0.2) is 0 Å². The van der Waals surface area contributed by atoms with E-state index in [-0.39, 0.29) is 6.42 Å². The van der Waals surface area contributed by atoms with Crippen molar-refractivity contribution >= 4 is 0 Å². The maximum atomic E-state index is 11.2. The summed E-state index contributed by atoms with van der Waals surface area (Å²) in [7, 11) is 0. The quantitative estimate of drug-likeness (QED) is 0.135. The fourth-order valence-electron chi connectivity index (χ4n) is 4.33. The summed E-state index contributed by atoms with van der Waals surface area (Å²) in [6, 6.07) is 0. The highest BCUT2D eigenvalue weighted by Gasteiger charge is 2.46. The summed E-state index contributed by atoms with van der Waals surface area (Å²) in [5, 5.41) is 50.9. The second-order valence-electron chi connectivity index (χ2n) is 9.43. The average molecular weight is 463 g/mol. The lowest BCUT2D eigenvalue weighted by molar-refractivity contribution is -0.211. The highest BCUT2D eigenvalue weighted by Crippen LogP contribution is 2.29. The fraction of sp³-hybridized carbons (Fsp3) is 1.00. The van der Waals surface area contributed by atoms with E-state index in [1.807, 2.05) is 0 Å². The fourth-order valence-corrected chi connectivity index (χ4v) is 4.33. The van der Waals surface area contributed by atoms with Crippen molar-refractivity contribution in [1.82, 2.24) is 0 Å². The van der Waals surface area contributed by atoms with E-state index in [1.165, 1.54) is 57.8 Å². The normalized spacial score (nSPS) is 16.6. The summed E-state index contributed by atoms with van der Waals surface area (Å²) in [5.74, 6) is 0. The number of hydrogen-bond donors (Lipinski definition) is 5. The van der Waals surface area contributed by atoms with Crippen molar-refractivity contribution in [3.8, 4) is 0 Å². The van der Waals surface area contributed by atoms with E-state index in [9.17, 15) is 25.5 Å². The molecule has 32 heavy (non-hydrogen) atoms. The molecule has 0 saturated carbocycles. The Kier molecular flexibility index (Phi) is 21.1. The first-order chi connectivity index (χ1) is 15.5. The van der Waals surface area contributed by atoms with Crippen molar-refractivity contribution in [2.75, 3.05) is 19.8 Å². The number of aliphatic hydroxyl groups is 5. The third-order valence-corrected chi connectivity index (χ3v) is 6.51.